The summed E-state index contributed by atoms with van der Waals surface area (Å²) in [5, 5.41) is 6.93. The molecule has 0 spiro atoms. The number of methoxy groups -OCH3 is 1. The molecule has 4 nitrogen and oxygen atoms in total. The number of fused-ring (bicyclic) bond motifs is 1. The van der Waals surface area contributed by atoms with Crippen molar-refractivity contribution in [3.63, 3.8) is 0 Å². The maximum Gasteiger partial charge on any atom is 0.215 e. The Morgan fingerprint density at radius 2 is 1.94 bits per heavy atom. The molecule has 2 N–H and O–H groups in total. The largest absolute Gasteiger partial charge is 0.481 e. The topological polar surface area (TPSA) is 46.2 Å². The number of hydrogen-bond acceptors (Lipinski definition) is 4. The van der Waals surface area contributed by atoms with E-state index in [0.717, 1.165) is 37.4 Å². The summed E-state index contributed by atoms with van der Waals surface area (Å²) in [7, 11) is 1.64. The second-order valence-electron chi connectivity index (χ2n) is 4.66. The molecule has 0 amide bonds. The maximum atomic E-state index is 5.15. The number of anilines is 2. The number of aromatic nitrogens is 1. The lowest BCUT2D eigenvalue weighted by molar-refractivity contribution is 0.307. The van der Waals surface area contributed by atoms with Crippen LogP contribution in [0.4, 0.5) is 11.5 Å². The van der Waals surface area contributed by atoms with Crippen LogP contribution >= 0.6 is 0 Å². The first kappa shape index (κ1) is 12.0. The van der Waals surface area contributed by atoms with E-state index in [0.29, 0.717) is 11.3 Å². The first-order chi connectivity index (χ1) is 8.23. The van der Waals surface area contributed by atoms with Gasteiger partial charge < -0.3 is 15.4 Å². The summed E-state index contributed by atoms with van der Waals surface area (Å²) < 4.78 is 5.15. The van der Waals surface area contributed by atoms with Crippen LogP contribution in [0, 0.1) is 5.41 Å². The van der Waals surface area contributed by atoms with Gasteiger partial charge in [-0.25, -0.2) is 0 Å². The number of pyridine rings is 1. The number of nitrogens with zero attached hydrogens (tertiary/aromatic N) is 1. The first-order valence-corrected chi connectivity index (χ1v) is 6.26. The molecule has 0 fully saturated rings. The van der Waals surface area contributed by atoms with E-state index in [2.05, 4.69) is 29.5 Å². The Bertz CT molecular complexity index is 388. The first-order valence-electron chi connectivity index (χ1n) is 6.26. The van der Waals surface area contributed by atoms with Crippen molar-refractivity contribution in [3.05, 3.63) is 12.1 Å². The lowest BCUT2D eigenvalue weighted by Gasteiger charge is -2.29. The summed E-state index contributed by atoms with van der Waals surface area (Å²) in [6.07, 6.45) is 2.32. The van der Waals surface area contributed by atoms with E-state index in [1.54, 1.807) is 7.11 Å². The molecular weight excluding hydrogens is 214 g/mol. The van der Waals surface area contributed by atoms with Crippen LogP contribution in [0.2, 0.25) is 0 Å². The fraction of sp³-hybridized carbons (Fsp3) is 0.615. The Morgan fingerprint density at radius 1 is 1.24 bits per heavy atom. The molecule has 0 unspecified atom stereocenters. The number of rotatable bonds is 3. The van der Waals surface area contributed by atoms with Gasteiger partial charge >= 0.3 is 0 Å². The Kier molecular flexibility index (Phi) is 3.41. The quantitative estimate of drug-likeness (QED) is 0.845. The van der Waals surface area contributed by atoms with Gasteiger partial charge in [0.1, 0.15) is 0 Å². The average Bonchev–Trinajstić information content (AvgIpc) is 2.58. The van der Waals surface area contributed by atoms with E-state index in [1.807, 2.05) is 12.1 Å². The van der Waals surface area contributed by atoms with E-state index >= 15 is 0 Å². The summed E-state index contributed by atoms with van der Waals surface area (Å²) in [5.41, 5.74) is 1.38. The molecule has 2 heterocycles. The van der Waals surface area contributed by atoms with Gasteiger partial charge in [0.2, 0.25) is 5.88 Å². The molecule has 1 aliphatic heterocycles. The van der Waals surface area contributed by atoms with Crippen molar-refractivity contribution in [1.82, 2.24) is 4.98 Å². The molecule has 0 atom stereocenters. The highest BCUT2D eigenvalue weighted by atomic mass is 16.5. The molecule has 4 heteroatoms. The third-order valence-corrected chi connectivity index (χ3v) is 3.86. The molecule has 1 aromatic heterocycles. The minimum Gasteiger partial charge on any atom is -0.481 e. The van der Waals surface area contributed by atoms with Gasteiger partial charge in [-0.1, -0.05) is 13.8 Å². The summed E-state index contributed by atoms with van der Waals surface area (Å²) in [6.45, 7) is 6.45. The van der Waals surface area contributed by atoms with Crippen molar-refractivity contribution in [1.29, 1.82) is 0 Å². The van der Waals surface area contributed by atoms with Gasteiger partial charge in [0.25, 0.3) is 0 Å². The third-order valence-electron chi connectivity index (χ3n) is 3.86. The van der Waals surface area contributed by atoms with E-state index in [-0.39, 0.29) is 0 Å². The van der Waals surface area contributed by atoms with Crippen LogP contribution in [0.1, 0.15) is 26.7 Å². The van der Waals surface area contributed by atoms with Crippen molar-refractivity contribution >= 4 is 11.5 Å². The predicted octanol–water partition coefficient (Wildman–Crippen LogP) is 2.73. The van der Waals surface area contributed by atoms with Gasteiger partial charge in [-0.15, -0.1) is 0 Å². The highest BCUT2D eigenvalue weighted by Crippen LogP contribution is 2.33. The van der Waals surface area contributed by atoms with Crippen molar-refractivity contribution in [2.45, 2.75) is 26.7 Å². The average molecular weight is 235 g/mol. The second kappa shape index (κ2) is 4.82. The zero-order valence-corrected chi connectivity index (χ0v) is 10.8. The van der Waals surface area contributed by atoms with Gasteiger partial charge in [-0.3, -0.25) is 0 Å². The molecule has 0 saturated heterocycles. The van der Waals surface area contributed by atoms with Crippen molar-refractivity contribution in [2.24, 2.45) is 5.41 Å². The molecule has 0 saturated carbocycles. The smallest absolute Gasteiger partial charge is 0.215 e. The molecule has 0 aromatic carbocycles. The highest BCUT2D eigenvalue weighted by Gasteiger charge is 2.29. The van der Waals surface area contributed by atoms with Gasteiger partial charge in [0.15, 0.2) is 5.82 Å². The van der Waals surface area contributed by atoms with Crippen LogP contribution < -0.4 is 15.4 Å². The Hall–Kier alpha value is -1.45. The van der Waals surface area contributed by atoms with Crippen molar-refractivity contribution in [3.8, 4) is 5.88 Å². The molecular formula is C13H21N3O. The van der Waals surface area contributed by atoms with Crippen LogP contribution in [-0.2, 0) is 0 Å². The molecule has 94 valence electrons. The van der Waals surface area contributed by atoms with Crippen molar-refractivity contribution < 1.29 is 4.74 Å². The molecule has 0 radical (unpaired) electrons. The minimum atomic E-state index is 0.313. The van der Waals surface area contributed by atoms with Crippen LogP contribution in [0.15, 0.2) is 12.1 Å². The van der Waals surface area contributed by atoms with Crippen LogP contribution in [-0.4, -0.2) is 25.2 Å². The van der Waals surface area contributed by atoms with Crippen molar-refractivity contribution in [2.75, 3.05) is 30.8 Å². The van der Waals surface area contributed by atoms with Gasteiger partial charge in [0.05, 0.1) is 12.8 Å². The normalized spacial score (nSPS) is 17.4. The van der Waals surface area contributed by atoms with Crippen LogP contribution in [0.3, 0.4) is 0 Å². The lowest BCUT2D eigenvalue weighted by Crippen LogP contribution is -2.33. The summed E-state index contributed by atoms with van der Waals surface area (Å²) in [6, 6.07) is 3.91. The van der Waals surface area contributed by atoms with Gasteiger partial charge in [-0.2, -0.15) is 4.98 Å². The van der Waals surface area contributed by atoms with Gasteiger partial charge in [-0.05, 0) is 18.9 Å². The lowest BCUT2D eigenvalue weighted by atomic mass is 9.82. The fourth-order valence-electron chi connectivity index (χ4n) is 2.20. The summed E-state index contributed by atoms with van der Waals surface area (Å²) in [5.74, 6) is 1.55. The van der Waals surface area contributed by atoms with E-state index in [1.165, 1.54) is 0 Å². The molecule has 0 aliphatic carbocycles. The number of hydrogen-bond donors (Lipinski definition) is 2. The fourth-order valence-corrected chi connectivity index (χ4v) is 2.20. The zero-order chi connectivity index (χ0) is 12.3. The zero-order valence-electron chi connectivity index (χ0n) is 10.8. The monoisotopic (exact) mass is 235 g/mol. The Labute approximate surface area is 103 Å². The predicted molar refractivity (Wildman–Crippen MR) is 70.8 cm³/mol. The SMILES string of the molecule is CCC1(CC)CNc2ccc(OC)nc2NC1. The Balaban J connectivity index is 2.23. The maximum absolute atomic E-state index is 5.15. The third kappa shape index (κ3) is 2.30. The number of nitrogens with one attached hydrogen (secondary N) is 2. The van der Waals surface area contributed by atoms with Crippen LogP contribution in [0.25, 0.3) is 0 Å². The summed E-state index contributed by atoms with van der Waals surface area (Å²) >= 11 is 0. The van der Waals surface area contributed by atoms with Crippen LogP contribution in [0.5, 0.6) is 5.88 Å². The summed E-state index contributed by atoms with van der Waals surface area (Å²) in [4.78, 5) is 4.43. The minimum absolute atomic E-state index is 0.313. The molecule has 1 aliphatic rings. The molecule has 1 aromatic rings. The number of ether oxygens (including phenoxy) is 1. The van der Waals surface area contributed by atoms with Gasteiger partial charge in [0, 0.05) is 24.6 Å². The van der Waals surface area contributed by atoms with E-state index in [9.17, 15) is 0 Å². The van der Waals surface area contributed by atoms with E-state index < -0.39 is 0 Å². The molecule has 2 rings (SSSR count). The highest BCUT2D eigenvalue weighted by molar-refractivity contribution is 5.66. The standard InChI is InChI=1S/C13H21N3O/c1-4-13(5-2)8-14-10-6-7-11(17-3)16-12(10)15-9-13/h6-7,14H,4-5,8-9H2,1-3H3,(H,15,16). The second-order valence-corrected chi connectivity index (χ2v) is 4.66. The molecule has 17 heavy (non-hydrogen) atoms. The van der Waals surface area contributed by atoms with E-state index in [4.69, 9.17) is 4.74 Å². The molecule has 0 bridgehead atoms. The Morgan fingerprint density at radius 3 is 2.59 bits per heavy atom.